The number of ether oxygens (including phenoxy) is 1. The van der Waals surface area contributed by atoms with Crippen molar-refractivity contribution in [3.05, 3.63) is 49.1 Å². The minimum atomic E-state index is 0.159. The third-order valence-corrected chi connectivity index (χ3v) is 4.83. The van der Waals surface area contributed by atoms with Crippen LogP contribution in [-0.2, 0) is 0 Å². The molecule has 1 aromatic rings. The van der Waals surface area contributed by atoms with Crippen molar-refractivity contribution in [2.24, 2.45) is 5.92 Å². The van der Waals surface area contributed by atoms with E-state index in [1.807, 2.05) is 37.4 Å². The van der Waals surface area contributed by atoms with Crippen molar-refractivity contribution in [1.29, 1.82) is 0 Å². The summed E-state index contributed by atoms with van der Waals surface area (Å²) >= 11 is 0. The van der Waals surface area contributed by atoms with Crippen LogP contribution in [0.5, 0.6) is 5.75 Å². The highest BCUT2D eigenvalue weighted by Gasteiger charge is 2.13. The highest BCUT2D eigenvalue weighted by atomic mass is 16.5. The highest BCUT2D eigenvalue weighted by molar-refractivity contribution is 6.01. The number of rotatable bonds is 17. The van der Waals surface area contributed by atoms with Gasteiger partial charge in [-0.05, 0) is 56.8 Å². The van der Waals surface area contributed by atoms with E-state index in [1.54, 1.807) is 0 Å². The molecule has 0 fully saturated rings. The quantitative estimate of drug-likeness (QED) is 0.207. The topological polar surface area (TPSA) is 50.4 Å². The van der Waals surface area contributed by atoms with E-state index in [-0.39, 0.29) is 5.78 Å². The molecule has 0 aliphatic heterocycles. The first-order chi connectivity index (χ1) is 13.6. The standard InChI is InChI=1S/C24H38N2O2/c1-5-7-16-26-17-10-8-9-11-18-28-21-13-14-22(23(19-21)25-4)24(27)15-12-20(3)6-2/h5-6,13-14,19-20,25-26H,1-2,7-12,15-18H2,3-4H3. The second-order valence-corrected chi connectivity index (χ2v) is 7.22. The number of benzene rings is 1. The van der Waals surface area contributed by atoms with E-state index in [4.69, 9.17) is 4.74 Å². The average molecular weight is 387 g/mol. The summed E-state index contributed by atoms with van der Waals surface area (Å²) in [6.07, 6.45) is 10.8. The van der Waals surface area contributed by atoms with Gasteiger partial charge in [0.25, 0.3) is 0 Å². The van der Waals surface area contributed by atoms with Gasteiger partial charge in [0, 0.05) is 30.8 Å². The van der Waals surface area contributed by atoms with Crippen molar-refractivity contribution in [3.63, 3.8) is 0 Å². The molecule has 0 amide bonds. The molecule has 0 heterocycles. The third kappa shape index (κ3) is 9.75. The number of anilines is 1. The van der Waals surface area contributed by atoms with E-state index >= 15 is 0 Å². The number of carbonyl (C=O) groups is 1. The van der Waals surface area contributed by atoms with Gasteiger partial charge in [-0.2, -0.15) is 0 Å². The summed E-state index contributed by atoms with van der Waals surface area (Å²) in [5.74, 6) is 1.32. The van der Waals surface area contributed by atoms with Gasteiger partial charge in [-0.15, -0.1) is 13.2 Å². The van der Waals surface area contributed by atoms with Crippen LogP contribution in [0.15, 0.2) is 43.5 Å². The van der Waals surface area contributed by atoms with Crippen molar-refractivity contribution in [3.8, 4) is 5.75 Å². The predicted molar refractivity (Wildman–Crippen MR) is 121 cm³/mol. The minimum Gasteiger partial charge on any atom is -0.494 e. The molecule has 156 valence electrons. The minimum absolute atomic E-state index is 0.159. The molecule has 0 aliphatic carbocycles. The molecular formula is C24H38N2O2. The van der Waals surface area contributed by atoms with Gasteiger partial charge in [-0.3, -0.25) is 4.79 Å². The van der Waals surface area contributed by atoms with E-state index < -0.39 is 0 Å². The maximum Gasteiger partial charge on any atom is 0.164 e. The first-order valence-electron chi connectivity index (χ1n) is 10.5. The molecule has 2 N–H and O–H groups in total. The fraction of sp³-hybridized carbons (Fsp3) is 0.542. The Morgan fingerprint density at radius 1 is 1.18 bits per heavy atom. The zero-order valence-corrected chi connectivity index (χ0v) is 17.8. The number of ketones is 1. The van der Waals surface area contributed by atoms with Gasteiger partial charge in [0.15, 0.2) is 5.78 Å². The van der Waals surface area contributed by atoms with Crippen LogP contribution in [0.25, 0.3) is 0 Å². The number of allylic oxidation sites excluding steroid dienone is 1. The van der Waals surface area contributed by atoms with E-state index in [9.17, 15) is 4.79 Å². The van der Waals surface area contributed by atoms with Crippen molar-refractivity contribution >= 4 is 11.5 Å². The molecule has 0 saturated heterocycles. The average Bonchev–Trinajstić information content (AvgIpc) is 2.72. The molecule has 0 bridgehead atoms. The lowest BCUT2D eigenvalue weighted by atomic mass is 9.99. The second kappa shape index (κ2) is 14.9. The van der Waals surface area contributed by atoms with Crippen LogP contribution in [0.2, 0.25) is 0 Å². The van der Waals surface area contributed by atoms with Crippen LogP contribution in [0, 0.1) is 5.92 Å². The maximum absolute atomic E-state index is 12.5. The van der Waals surface area contributed by atoms with Gasteiger partial charge in [-0.25, -0.2) is 0 Å². The molecule has 4 heteroatoms. The molecule has 0 radical (unpaired) electrons. The second-order valence-electron chi connectivity index (χ2n) is 7.22. The van der Waals surface area contributed by atoms with Crippen molar-refractivity contribution in [2.75, 3.05) is 32.1 Å². The van der Waals surface area contributed by atoms with E-state index in [1.165, 1.54) is 19.3 Å². The zero-order valence-electron chi connectivity index (χ0n) is 17.8. The largest absolute Gasteiger partial charge is 0.494 e. The molecular weight excluding hydrogens is 348 g/mol. The van der Waals surface area contributed by atoms with Crippen LogP contribution >= 0.6 is 0 Å². The number of hydrogen-bond donors (Lipinski definition) is 2. The summed E-state index contributed by atoms with van der Waals surface area (Å²) in [7, 11) is 1.84. The summed E-state index contributed by atoms with van der Waals surface area (Å²) in [5.41, 5.74) is 1.56. The monoisotopic (exact) mass is 386 g/mol. The smallest absolute Gasteiger partial charge is 0.164 e. The molecule has 0 aliphatic rings. The number of carbonyl (C=O) groups excluding carboxylic acids is 1. The molecule has 0 saturated carbocycles. The fourth-order valence-corrected chi connectivity index (χ4v) is 2.90. The third-order valence-electron chi connectivity index (χ3n) is 4.83. The fourth-order valence-electron chi connectivity index (χ4n) is 2.90. The molecule has 1 unspecified atom stereocenters. The van der Waals surface area contributed by atoms with Gasteiger partial charge in [-0.1, -0.05) is 31.9 Å². The Morgan fingerprint density at radius 2 is 1.96 bits per heavy atom. The molecule has 0 spiro atoms. The zero-order chi connectivity index (χ0) is 20.6. The van der Waals surface area contributed by atoms with Crippen molar-refractivity contribution in [1.82, 2.24) is 5.32 Å². The lowest BCUT2D eigenvalue weighted by Gasteiger charge is -2.13. The van der Waals surface area contributed by atoms with Crippen LogP contribution in [0.3, 0.4) is 0 Å². The number of hydrogen-bond acceptors (Lipinski definition) is 4. The summed E-state index contributed by atoms with van der Waals surface area (Å²) in [4.78, 5) is 12.5. The first-order valence-corrected chi connectivity index (χ1v) is 10.5. The summed E-state index contributed by atoms with van der Waals surface area (Å²) in [6, 6.07) is 5.69. The Hall–Kier alpha value is -2.07. The normalized spacial score (nSPS) is 11.6. The Labute approximate surface area is 171 Å². The first kappa shape index (κ1) is 24.0. The van der Waals surface area contributed by atoms with E-state index in [0.29, 0.717) is 18.9 Å². The Morgan fingerprint density at radius 3 is 2.68 bits per heavy atom. The molecule has 4 nitrogen and oxygen atoms in total. The summed E-state index contributed by atoms with van der Waals surface area (Å²) < 4.78 is 5.87. The molecule has 0 aromatic heterocycles. The predicted octanol–water partition coefficient (Wildman–Crippen LogP) is 5.62. The lowest BCUT2D eigenvalue weighted by molar-refractivity contribution is 0.0977. The van der Waals surface area contributed by atoms with E-state index in [0.717, 1.165) is 49.4 Å². The van der Waals surface area contributed by atoms with Gasteiger partial charge < -0.3 is 15.4 Å². The van der Waals surface area contributed by atoms with Crippen LogP contribution in [0.4, 0.5) is 5.69 Å². The molecule has 28 heavy (non-hydrogen) atoms. The van der Waals surface area contributed by atoms with Crippen LogP contribution in [0.1, 0.15) is 62.2 Å². The van der Waals surface area contributed by atoms with Crippen LogP contribution < -0.4 is 15.4 Å². The lowest BCUT2D eigenvalue weighted by Crippen LogP contribution is -2.15. The highest BCUT2D eigenvalue weighted by Crippen LogP contribution is 2.25. The van der Waals surface area contributed by atoms with Crippen molar-refractivity contribution < 1.29 is 9.53 Å². The summed E-state index contributed by atoms with van der Waals surface area (Å²) in [5, 5.41) is 6.53. The van der Waals surface area contributed by atoms with Crippen LogP contribution in [-0.4, -0.2) is 32.5 Å². The molecule has 1 aromatic carbocycles. The Kier molecular flexibility index (Phi) is 12.8. The summed E-state index contributed by atoms with van der Waals surface area (Å²) in [6.45, 7) is 12.4. The molecule has 1 atom stereocenters. The Balaban J connectivity index is 2.32. The van der Waals surface area contributed by atoms with E-state index in [2.05, 4.69) is 30.7 Å². The molecule has 1 rings (SSSR count). The Bertz CT molecular complexity index is 598. The maximum atomic E-state index is 12.5. The number of unbranched alkanes of at least 4 members (excludes halogenated alkanes) is 3. The number of Topliss-reactive ketones (excluding diaryl/α,β-unsaturated/α-hetero) is 1. The SMILES string of the molecule is C=CCCNCCCCCCOc1ccc(C(=O)CCC(C)C=C)c(NC)c1. The van der Waals surface area contributed by atoms with Gasteiger partial charge >= 0.3 is 0 Å². The van der Waals surface area contributed by atoms with Gasteiger partial charge in [0.1, 0.15) is 5.75 Å². The van der Waals surface area contributed by atoms with Gasteiger partial charge in [0.05, 0.1) is 6.61 Å². The number of nitrogens with one attached hydrogen (secondary N) is 2. The van der Waals surface area contributed by atoms with Gasteiger partial charge in [0.2, 0.25) is 0 Å². The van der Waals surface area contributed by atoms with Crippen molar-refractivity contribution in [2.45, 2.75) is 51.9 Å².